The van der Waals surface area contributed by atoms with Crippen molar-refractivity contribution in [2.45, 2.75) is 51.0 Å². The number of hydrogen-bond donors (Lipinski definition) is 0. The fourth-order valence-electron chi connectivity index (χ4n) is 6.34. The lowest BCUT2D eigenvalue weighted by atomic mass is 9.77. The number of thiazole rings is 1. The van der Waals surface area contributed by atoms with Gasteiger partial charge in [-0.15, -0.1) is 0 Å². The van der Waals surface area contributed by atoms with E-state index in [0.29, 0.717) is 5.92 Å². The first-order valence-corrected chi connectivity index (χ1v) is 15.6. The lowest BCUT2D eigenvalue weighted by Crippen LogP contribution is -2.33. The topological polar surface area (TPSA) is 7.12 Å². The molecule has 0 N–H and O–H groups in total. The van der Waals surface area contributed by atoms with Crippen molar-refractivity contribution in [2.24, 2.45) is 5.92 Å². The van der Waals surface area contributed by atoms with Gasteiger partial charge < -0.3 is 4.90 Å². The van der Waals surface area contributed by atoms with Crippen molar-refractivity contribution < 1.29 is 4.57 Å². The van der Waals surface area contributed by atoms with Crippen molar-refractivity contribution in [3.8, 4) is 0 Å². The molecule has 2 nitrogen and oxygen atoms in total. The van der Waals surface area contributed by atoms with Crippen LogP contribution in [0.25, 0.3) is 27.1 Å². The number of rotatable bonds is 4. The summed E-state index contributed by atoms with van der Waals surface area (Å²) in [5, 5.41) is 5.41. The first kappa shape index (κ1) is 24.0. The molecule has 4 aromatic rings. The van der Waals surface area contributed by atoms with E-state index in [4.69, 9.17) is 0 Å². The molecule has 0 radical (unpaired) electrons. The van der Waals surface area contributed by atoms with Crippen LogP contribution in [-0.2, 0) is 6.54 Å². The van der Waals surface area contributed by atoms with Gasteiger partial charge in [-0.3, -0.25) is 0 Å². The van der Waals surface area contributed by atoms with E-state index in [1.165, 1.54) is 84.0 Å². The van der Waals surface area contributed by atoms with Gasteiger partial charge in [-0.2, -0.15) is 4.57 Å². The third-order valence-corrected chi connectivity index (χ3v) is 10.4. The average molecular weight is 534 g/mol. The molecule has 1 aromatic heterocycles. The highest BCUT2D eigenvalue weighted by Gasteiger charge is 2.27. The maximum Gasteiger partial charge on any atom is 0.263 e. The standard InChI is InChI=1S/C34H33N2S2/c1-3-35-29-11-7-8-12-30(29)37-32(35)21-23-13-15-25-16-14-24(20-27(25)19-23)22-33-36(4-2)34-28-10-6-5-9-26(28)17-18-31(34)38-33/h5-12,17-22,25H,3-4,13-16H2,1-2H3/q+1/t25-/m0/s1. The van der Waals surface area contributed by atoms with Gasteiger partial charge >= 0.3 is 0 Å². The Morgan fingerprint density at radius 1 is 0.921 bits per heavy atom. The lowest BCUT2D eigenvalue weighted by molar-refractivity contribution is -0.664. The maximum atomic E-state index is 2.51. The molecule has 2 aliphatic carbocycles. The molecule has 190 valence electrons. The van der Waals surface area contributed by atoms with E-state index in [1.807, 2.05) is 23.1 Å². The molecular formula is C34H33N2S2+. The molecule has 4 heteroatoms. The second-order valence-electron chi connectivity index (χ2n) is 10.5. The number of aromatic nitrogens is 1. The zero-order chi connectivity index (χ0) is 25.6. The van der Waals surface area contributed by atoms with Crippen LogP contribution in [0.3, 0.4) is 0 Å². The Labute approximate surface area is 233 Å². The van der Waals surface area contributed by atoms with Crippen LogP contribution in [0, 0.1) is 5.92 Å². The predicted molar refractivity (Wildman–Crippen MR) is 165 cm³/mol. The molecule has 0 fully saturated rings. The number of fused-ring (bicyclic) bond motifs is 5. The van der Waals surface area contributed by atoms with Crippen molar-refractivity contribution in [1.82, 2.24) is 0 Å². The fourth-order valence-corrected chi connectivity index (χ4v) is 8.76. The normalized spacial score (nSPS) is 21.2. The largest absolute Gasteiger partial charge is 0.335 e. The minimum absolute atomic E-state index is 0.703. The Balaban J connectivity index is 1.24. The highest BCUT2D eigenvalue weighted by molar-refractivity contribution is 8.03. The van der Waals surface area contributed by atoms with Crippen molar-refractivity contribution in [3.63, 3.8) is 0 Å². The van der Waals surface area contributed by atoms with E-state index in [2.05, 4.69) is 108 Å². The summed E-state index contributed by atoms with van der Waals surface area (Å²) >= 11 is 3.84. The van der Waals surface area contributed by atoms with Gasteiger partial charge in [-0.05, 0) is 97.9 Å². The van der Waals surface area contributed by atoms with Crippen LogP contribution in [0.5, 0.6) is 0 Å². The Bertz CT molecular complexity index is 1680. The van der Waals surface area contributed by atoms with Crippen LogP contribution in [-0.4, -0.2) is 6.54 Å². The lowest BCUT2D eigenvalue weighted by Gasteiger charge is -2.28. The molecule has 0 bridgehead atoms. The summed E-state index contributed by atoms with van der Waals surface area (Å²) in [6, 6.07) is 22.1. The van der Waals surface area contributed by atoms with Crippen molar-refractivity contribution in [3.05, 3.63) is 106 Å². The van der Waals surface area contributed by atoms with E-state index in [9.17, 15) is 0 Å². The summed E-state index contributed by atoms with van der Waals surface area (Å²) in [6.45, 7) is 6.51. The van der Waals surface area contributed by atoms with Crippen LogP contribution in [0.15, 0.2) is 106 Å². The van der Waals surface area contributed by atoms with Gasteiger partial charge in [0.25, 0.3) is 5.01 Å². The minimum Gasteiger partial charge on any atom is -0.335 e. The SMILES string of the molecule is CCN1/C(=C/C2=CC3=C/C(=C/c4sc5ccc6ccccc6c5[n+]4CC)CC[C@@H]3CC2)Sc2ccccc21. The summed E-state index contributed by atoms with van der Waals surface area (Å²) in [6.07, 6.45) is 14.8. The van der Waals surface area contributed by atoms with Gasteiger partial charge in [0.1, 0.15) is 11.2 Å². The molecule has 3 aliphatic rings. The molecule has 0 spiro atoms. The number of anilines is 1. The van der Waals surface area contributed by atoms with Crippen LogP contribution in [0.4, 0.5) is 5.69 Å². The molecule has 1 aliphatic heterocycles. The molecule has 0 amide bonds. The second kappa shape index (κ2) is 9.91. The third-order valence-electron chi connectivity index (χ3n) is 8.24. The molecule has 7 rings (SSSR count). The van der Waals surface area contributed by atoms with Crippen molar-refractivity contribution in [1.29, 1.82) is 0 Å². The van der Waals surface area contributed by atoms with Gasteiger partial charge in [0.05, 0.1) is 16.1 Å². The smallest absolute Gasteiger partial charge is 0.263 e. The van der Waals surface area contributed by atoms with Gasteiger partial charge in [0, 0.05) is 17.5 Å². The number of hydrogen-bond acceptors (Lipinski definition) is 3. The van der Waals surface area contributed by atoms with Gasteiger partial charge in [-0.25, -0.2) is 0 Å². The molecule has 38 heavy (non-hydrogen) atoms. The monoisotopic (exact) mass is 533 g/mol. The predicted octanol–water partition coefficient (Wildman–Crippen LogP) is 9.28. The van der Waals surface area contributed by atoms with E-state index in [0.717, 1.165) is 13.1 Å². The van der Waals surface area contributed by atoms with Crippen LogP contribution in [0.2, 0.25) is 0 Å². The first-order valence-electron chi connectivity index (χ1n) is 13.9. The number of nitrogens with zero attached hydrogens (tertiary/aromatic N) is 2. The Hall–Kier alpha value is -3.08. The van der Waals surface area contributed by atoms with Gasteiger partial charge in [0.15, 0.2) is 0 Å². The average Bonchev–Trinajstić information content (AvgIpc) is 3.49. The number of aryl methyl sites for hydroxylation is 1. The van der Waals surface area contributed by atoms with E-state index < -0.39 is 0 Å². The second-order valence-corrected chi connectivity index (χ2v) is 12.6. The molecule has 0 unspecified atom stereocenters. The number of allylic oxidation sites excluding steroid dienone is 6. The van der Waals surface area contributed by atoms with Gasteiger partial charge in [-0.1, -0.05) is 71.6 Å². The highest BCUT2D eigenvalue weighted by Crippen LogP contribution is 2.47. The Kier molecular flexibility index (Phi) is 6.25. The van der Waals surface area contributed by atoms with Crippen molar-refractivity contribution in [2.75, 3.05) is 11.4 Å². The molecule has 0 saturated carbocycles. The third kappa shape index (κ3) is 4.15. The van der Waals surface area contributed by atoms with Crippen LogP contribution >= 0.6 is 23.1 Å². The molecule has 1 atom stereocenters. The molecular weight excluding hydrogens is 501 g/mol. The highest BCUT2D eigenvalue weighted by atomic mass is 32.2. The molecule has 3 aromatic carbocycles. The zero-order valence-corrected chi connectivity index (χ0v) is 23.7. The van der Waals surface area contributed by atoms with E-state index in [1.54, 1.807) is 0 Å². The number of thioether (sulfide) groups is 1. The summed E-state index contributed by atoms with van der Waals surface area (Å²) in [4.78, 5) is 3.83. The quantitative estimate of drug-likeness (QED) is 0.241. The molecule has 2 heterocycles. The van der Waals surface area contributed by atoms with Crippen LogP contribution < -0.4 is 9.47 Å². The summed E-state index contributed by atoms with van der Waals surface area (Å²) in [5.74, 6) is 0.703. The van der Waals surface area contributed by atoms with E-state index in [-0.39, 0.29) is 0 Å². The fraction of sp³-hybridized carbons (Fsp3) is 0.265. The van der Waals surface area contributed by atoms with Crippen molar-refractivity contribution >= 4 is 55.9 Å². The van der Waals surface area contributed by atoms with Gasteiger partial charge in [0.2, 0.25) is 5.52 Å². The first-order chi connectivity index (χ1) is 18.7. The zero-order valence-electron chi connectivity index (χ0n) is 22.1. The molecule has 0 saturated heterocycles. The summed E-state index contributed by atoms with van der Waals surface area (Å²) < 4.78 is 3.89. The summed E-state index contributed by atoms with van der Waals surface area (Å²) in [7, 11) is 0. The minimum atomic E-state index is 0.703. The van der Waals surface area contributed by atoms with Crippen LogP contribution in [0.1, 0.15) is 44.5 Å². The summed E-state index contributed by atoms with van der Waals surface area (Å²) in [5.41, 5.74) is 7.20. The van der Waals surface area contributed by atoms with E-state index >= 15 is 0 Å². The number of para-hydroxylation sites is 1. The number of benzene rings is 3. The Morgan fingerprint density at radius 3 is 2.66 bits per heavy atom. The maximum absolute atomic E-state index is 2.51. The Morgan fingerprint density at radius 2 is 1.76 bits per heavy atom.